The fourth-order valence-electron chi connectivity index (χ4n) is 5.14. The van der Waals surface area contributed by atoms with E-state index in [4.69, 9.17) is 20.4 Å². The molecule has 8 nitrogen and oxygen atoms in total. The summed E-state index contributed by atoms with van der Waals surface area (Å²) in [5.74, 6) is 2.43. The molecule has 9 heteroatoms. The highest BCUT2D eigenvalue weighted by Crippen LogP contribution is 2.39. The average Bonchev–Trinajstić information content (AvgIpc) is 3.09. The van der Waals surface area contributed by atoms with E-state index in [-0.39, 0.29) is 11.8 Å². The lowest BCUT2D eigenvalue weighted by atomic mass is 9.76. The fourth-order valence-corrected chi connectivity index (χ4v) is 5.80. The second-order valence-electron chi connectivity index (χ2n) is 10.3. The monoisotopic (exact) mass is 497 g/mol. The lowest BCUT2D eigenvalue weighted by molar-refractivity contribution is 0.310. The number of hydrogen-bond acceptors (Lipinski definition) is 9. The zero-order valence-electron chi connectivity index (χ0n) is 20.4. The molecule has 1 aliphatic carbocycles. The van der Waals surface area contributed by atoms with Gasteiger partial charge in [-0.2, -0.15) is 5.26 Å². The molecule has 0 amide bonds. The van der Waals surface area contributed by atoms with Crippen molar-refractivity contribution in [3.8, 4) is 22.9 Å². The van der Waals surface area contributed by atoms with Crippen LogP contribution in [-0.4, -0.2) is 33.1 Å². The molecule has 0 unspecified atom stereocenters. The number of nitrogen functional groups attached to an aromatic ring is 1. The van der Waals surface area contributed by atoms with Gasteiger partial charge in [-0.15, -0.1) is 0 Å². The maximum absolute atomic E-state index is 9.31. The van der Waals surface area contributed by atoms with Crippen LogP contribution in [0.2, 0.25) is 0 Å². The summed E-state index contributed by atoms with van der Waals surface area (Å²) in [6, 6.07) is 10.5. The molecule has 0 fully saturated rings. The highest BCUT2D eigenvalue weighted by molar-refractivity contribution is 7.21. The summed E-state index contributed by atoms with van der Waals surface area (Å²) in [6.45, 7) is 6.55. The van der Waals surface area contributed by atoms with Crippen LogP contribution < -0.4 is 15.4 Å². The molecule has 1 aliphatic heterocycles. The van der Waals surface area contributed by atoms with Gasteiger partial charge in [0, 0.05) is 35.1 Å². The van der Waals surface area contributed by atoms with Gasteiger partial charge in [-0.1, -0.05) is 31.3 Å². The van der Waals surface area contributed by atoms with Crippen molar-refractivity contribution in [2.75, 3.05) is 23.8 Å². The second-order valence-corrected chi connectivity index (χ2v) is 11.3. The molecular formula is C27H27N7OS. The highest BCUT2D eigenvalue weighted by atomic mass is 32.1. The van der Waals surface area contributed by atoms with Crippen molar-refractivity contribution in [1.29, 1.82) is 5.26 Å². The Balaban J connectivity index is 1.39. The van der Waals surface area contributed by atoms with Crippen LogP contribution in [0.1, 0.15) is 42.9 Å². The molecule has 0 atom stereocenters. The average molecular weight is 498 g/mol. The molecule has 4 aromatic rings. The maximum atomic E-state index is 9.31. The largest absolute Gasteiger partial charge is 0.491 e. The number of rotatable bonds is 3. The van der Waals surface area contributed by atoms with E-state index in [1.165, 1.54) is 16.9 Å². The third-order valence-electron chi connectivity index (χ3n) is 6.99. The van der Waals surface area contributed by atoms with Crippen molar-refractivity contribution in [3.63, 3.8) is 0 Å². The van der Waals surface area contributed by atoms with E-state index in [2.05, 4.69) is 46.9 Å². The summed E-state index contributed by atoms with van der Waals surface area (Å²) in [5.41, 5.74) is 12.3. The van der Waals surface area contributed by atoms with Crippen LogP contribution in [0.25, 0.3) is 21.5 Å². The molecule has 0 saturated heterocycles. The number of nitrogens with zero attached hydrogens (tertiary/aromatic N) is 6. The number of anilines is 2. The number of thiazole rings is 1. The fraction of sp³-hybridized carbons (Fsp3) is 0.370. The summed E-state index contributed by atoms with van der Waals surface area (Å²) in [5, 5.41) is 9.83. The molecule has 3 aromatic heterocycles. The summed E-state index contributed by atoms with van der Waals surface area (Å²) >= 11 is 1.39. The predicted molar refractivity (Wildman–Crippen MR) is 141 cm³/mol. The first-order valence-corrected chi connectivity index (χ1v) is 13.0. The quantitative estimate of drug-likeness (QED) is 0.433. The van der Waals surface area contributed by atoms with Crippen molar-refractivity contribution in [2.45, 2.75) is 46.1 Å². The minimum absolute atomic E-state index is 0.194. The Morgan fingerprint density at radius 1 is 1.19 bits per heavy atom. The topological polar surface area (TPSA) is 114 Å². The van der Waals surface area contributed by atoms with E-state index >= 15 is 0 Å². The molecular weight excluding hydrogens is 470 g/mol. The second kappa shape index (κ2) is 8.71. The minimum Gasteiger partial charge on any atom is -0.491 e. The minimum atomic E-state index is 0.194. The zero-order valence-corrected chi connectivity index (χ0v) is 21.2. The molecule has 4 heterocycles. The summed E-state index contributed by atoms with van der Waals surface area (Å²) in [6.07, 6.45) is 5.01. The van der Waals surface area contributed by atoms with Crippen LogP contribution >= 0.6 is 11.3 Å². The number of aryl methyl sites for hydroxylation is 1. The lowest BCUT2D eigenvalue weighted by Crippen LogP contribution is -2.32. The Hall–Kier alpha value is -3.77. The van der Waals surface area contributed by atoms with E-state index < -0.39 is 0 Å². The highest BCUT2D eigenvalue weighted by Gasteiger charge is 2.31. The Bertz CT molecular complexity index is 1520. The summed E-state index contributed by atoms with van der Waals surface area (Å²) < 4.78 is 6.15. The van der Waals surface area contributed by atoms with Crippen molar-refractivity contribution < 1.29 is 4.74 Å². The van der Waals surface area contributed by atoms with Gasteiger partial charge >= 0.3 is 0 Å². The van der Waals surface area contributed by atoms with Crippen LogP contribution in [0, 0.1) is 16.7 Å². The normalized spacial score (nSPS) is 16.5. The predicted octanol–water partition coefficient (Wildman–Crippen LogP) is 4.71. The van der Waals surface area contributed by atoms with Crippen LogP contribution in [0.5, 0.6) is 5.75 Å². The number of nitriles is 1. The Labute approximate surface area is 213 Å². The number of benzene rings is 1. The number of nitrogens with two attached hydrogens (primary N) is 1. The molecule has 1 aromatic carbocycles. The molecule has 2 aliphatic rings. The first kappa shape index (κ1) is 22.7. The van der Waals surface area contributed by atoms with Crippen molar-refractivity contribution >= 4 is 32.6 Å². The Kier molecular flexibility index (Phi) is 5.49. The molecule has 0 radical (unpaired) electrons. The third kappa shape index (κ3) is 4.22. The number of ether oxygens (including phenoxy) is 1. The van der Waals surface area contributed by atoms with E-state index in [0.29, 0.717) is 30.7 Å². The van der Waals surface area contributed by atoms with Crippen molar-refractivity contribution in [2.24, 2.45) is 5.41 Å². The molecule has 0 spiro atoms. The molecule has 2 N–H and O–H groups in total. The maximum Gasteiger partial charge on any atom is 0.182 e. The van der Waals surface area contributed by atoms with Gasteiger partial charge in [0.25, 0.3) is 0 Å². The van der Waals surface area contributed by atoms with Gasteiger partial charge in [-0.25, -0.2) is 19.9 Å². The van der Waals surface area contributed by atoms with Crippen LogP contribution in [0.15, 0.2) is 30.5 Å². The number of fused-ring (bicyclic) bond motifs is 3. The van der Waals surface area contributed by atoms with Crippen molar-refractivity contribution in [1.82, 2.24) is 19.9 Å². The smallest absolute Gasteiger partial charge is 0.182 e. The summed E-state index contributed by atoms with van der Waals surface area (Å²) in [7, 11) is 0. The van der Waals surface area contributed by atoms with Gasteiger partial charge < -0.3 is 15.4 Å². The van der Waals surface area contributed by atoms with Crippen LogP contribution in [-0.2, 0) is 25.8 Å². The van der Waals surface area contributed by atoms with Crippen LogP contribution in [0.4, 0.5) is 10.9 Å². The van der Waals surface area contributed by atoms with Gasteiger partial charge in [0.1, 0.15) is 34.3 Å². The van der Waals surface area contributed by atoms with Gasteiger partial charge in [0.2, 0.25) is 0 Å². The molecule has 182 valence electrons. The first-order chi connectivity index (χ1) is 17.4. The summed E-state index contributed by atoms with van der Waals surface area (Å²) in [4.78, 5) is 21.7. The number of hydrogen-bond donors (Lipinski definition) is 1. The molecule has 0 bridgehead atoms. The SMILES string of the molecule is CC1(C)CCc2nc(CC#N)nc(N3CCOc4ccc(-c5cnc6sc(N)nc6c5)cc4C3)c2C1. The van der Waals surface area contributed by atoms with E-state index in [1.54, 1.807) is 0 Å². The molecule has 6 rings (SSSR count). The van der Waals surface area contributed by atoms with Gasteiger partial charge in [0.05, 0.1) is 19.0 Å². The van der Waals surface area contributed by atoms with Gasteiger partial charge in [-0.3, -0.25) is 0 Å². The molecule has 0 saturated carbocycles. The molecule has 36 heavy (non-hydrogen) atoms. The first-order valence-electron chi connectivity index (χ1n) is 12.2. The van der Waals surface area contributed by atoms with Gasteiger partial charge in [0.15, 0.2) is 5.13 Å². The van der Waals surface area contributed by atoms with E-state index in [0.717, 1.165) is 63.6 Å². The van der Waals surface area contributed by atoms with Crippen LogP contribution in [0.3, 0.4) is 0 Å². The number of pyridine rings is 1. The number of aromatic nitrogens is 4. The van der Waals surface area contributed by atoms with E-state index in [9.17, 15) is 5.26 Å². The standard InChI is InChI=1S/C27H27N7OS/c1-27(2)7-5-20-19(13-27)24(33-23(31-20)6-8-28)34-9-10-35-22-4-3-16(11-18(22)15-34)17-12-21-25(30-14-17)36-26(29)32-21/h3-4,11-12,14H,5-7,9-10,13,15H2,1-2H3,(H2,29,32). The third-order valence-corrected chi connectivity index (χ3v) is 7.79. The van der Waals surface area contributed by atoms with Gasteiger partial charge in [-0.05, 0) is 48.4 Å². The lowest BCUT2D eigenvalue weighted by Gasteiger charge is -2.34. The van der Waals surface area contributed by atoms with E-state index in [1.807, 2.05) is 18.3 Å². The Morgan fingerprint density at radius 3 is 2.94 bits per heavy atom. The zero-order chi connectivity index (χ0) is 24.9. The Morgan fingerprint density at radius 2 is 2.08 bits per heavy atom. The van der Waals surface area contributed by atoms with Crippen molar-refractivity contribution in [3.05, 3.63) is 53.1 Å².